The van der Waals surface area contributed by atoms with Crippen LogP contribution in [0.2, 0.25) is 0 Å². The highest BCUT2D eigenvalue weighted by Crippen LogP contribution is 2.24. The number of hydrogen-bond donors (Lipinski definition) is 0. The van der Waals surface area contributed by atoms with E-state index in [1.54, 1.807) is 0 Å². The van der Waals surface area contributed by atoms with Gasteiger partial charge in [-0.25, -0.2) is 4.39 Å². The zero-order valence-corrected chi connectivity index (χ0v) is 9.61. The van der Waals surface area contributed by atoms with Crippen LogP contribution in [0.5, 0.6) is 0 Å². The van der Waals surface area contributed by atoms with Crippen molar-refractivity contribution in [3.63, 3.8) is 0 Å². The molecule has 0 atom stereocenters. The van der Waals surface area contributed by atoms with Gasteiger partial charge in [-0.3, -0.25) is 4.79 Å². The number of rotatable bonds is 3. The van der Waals surface area contributed by atoms with Gasteiger partial charge in [0.1, 0.15) is 5.82 Å². The molecule has 1 nitrogen and oxygen atoms in total. The zero-order chi connectivity index (χ0) is 12.3. The van der Waals surface area contributed by atoms with Gasteiger partial charge in [0.2, 0.25) is 0 Å². The summed E-state index contributed by atoms with van der Waals surface area (Å²) < 4.78 is 13.2. The summed E-state index contributed by atoms with van der Waals surface area (Å²) in [5.41, 5.74) is 3.24. The molecule has 0 fully saturated rings. The fourth-order valence-electron chi connectivity index (χ4n) is 1.80. The minimum Gasteiger partial charge on any atom is -0.298 e. The Morgan fingerprint density at radius 2 is 1.82 bits per heavy atom. The van der Waals surface area contributed by atoms with E-state index in [1.807, 2.05) is 24.3 Å². The van der Waals surface area contributed by atoms with Gasteiger partial charge in [-0.1, -0.05) is 31.2 Å². The van der Waals surface area contributed by atoms with E-state index in [9.17, 15) is 9.18 Å². The molecule has 0 N–H and O–H groups in total. The first-order valence-electron chi connectivity index (χ1n) is 5.58. The molecule has 86 valence electrons. The van der Waals surface area contributed by atoms with E-state index < -0.39 is 0 Å². The second-order valence-corrected chi connectivity index (χ2v) is 3.90. The monoisotopic (exact) mass is 228 g/mol. The number of carbonyl (C=O) groups is 1. The number of aryl methyl sites for hydroxylation is 1. The lowest BCUT2D eigenvalue weighted by Gasteiger charge is -2.06. The van der Waals surface area contributed by atoms with Crippen LogP contribution in [0.4, 0.5) is 4.39 Å². The maximum absolute atomic E-state index is 13.2. The highest BCUT2D eigenvalue weighted by atomic mass is 19.1. The number of aldehydes is 1. The van der Waals surface area contributed by atoms with E-state index in [-0.39, 0.29) is 5.82 Å². The molecule has 0 unspecified atom stereocenters. The van der Waals surface area contributed by atoms with E-state index in [0.717, 1.165) is 18.3 Å². The van der Waals surface area contributed by atoms with Crippen molar-refractivity contribution in [3.05, 3.63) is 59.4 Å². The van der Waals surface area contributed by atoms with Crippen LogP contribution in [0.1, 0.15) is 22.8 Å². The topological polar surface area (TPSA) is 17.1 Å². The van der Waals surface area contributed by atoms with Crippen LogP contribution in [0, 0.1) is 5.82 Å². The fraction of sp³-hybridized carbons (Fsp3) is 0.133. The molecule has 0 saturated heterocycles. The van der Waals surface area contributed by atoms with Gasteiger partial charge in [-0.15, -0.1) is 0 Å². The Labute approximate surface area is 99.9 Å². The Kier molecular flexibility index (Phi) is 3.33. The molecule has 2 aromatic carbocycles. The van der Waals surface area contributed by atoms with E-state index >= 15 is 0 Å². The molecule has 17 heavy (non-hydrogen) atoms. The Balaban J connectivity index is 2.50. The molecule has 0 aliphatic carbocycles. The van der Waals surface area contributed by atoms with Crippen molar-refractivity contribution in [1.29, 1.82) is 0 Å². The summed E-state index contributed by atoms with van der Waals surface area (Å²) in [4.78, 5) is 10.9. The highest BCUT2D eigenvalue weighted by Gasteiger charge is 2.05. The average molecular weight is 228 g/mol. The van der Waals surface area contributed by atoms with E-state index in [4.69, 9.17) is 0 Å². The standard InChI is InChI=1S/C15H13FO/c1-2-11-3-5-12(6-4-11)15-9-14(16)8-7-13(15)10-17/h3-10H,2H2,1H3. The molecule has 0 heterocycles. The number of carbonyl (C=O) groups excluding carboxylic acids is 1. The third-order valence-electron chi connectivity index (χ3n) is 2.82. The minimum atomic E-state index is -0.329. The molecule has 0 radical (unpaired) electrons. The van der Waals surface area contributed by atoms with Crippen molar-refractivity contribution in [3.8, 4) is 11.1 Å². The van der Waals surface area contributed by atoms with Gasteiger partial charge in [-0.2, -0.15) is 0 Å². The molecule has 0 spiro atoms. The van der Waals surface area contributed by atoms with Crippen molar-refractivity contribution < 1.29 is 9.18 Å². The minimum absolute atomic E-state index is 0.329. The molecule has 0 aromatic heterocycles. The summed E-state index contributed by atoms with van der Waals surface area (Å²) in [5, 5.41) is 0. The second-order valence-electron chi connectivity index (χ2n) is 3.90. The molecule has 0 aliphatic heterocycles. The van der Waals surface area contributed by atoms with E-state index in [1.165, 1.54) is 23.8 Å². The van der Waals surface area contributed by atoms with Crippen LogP contribution in [0.3, 0.4) is 0 Å². The largest absolute Gasteiger partial charge is 0.298 e. The molecule has 2 heteroatoms. The lowest BCUT2D eigenvalue weighted by Crippen LogP contribution is -1.89. The van der Waals surface area contributed by atoms with Gasteiger partial charge in [0.25, 0.3) is 0 Å². The van der Waals surface area contributed by atoms with Crippen molar-refractivity contribution in [2.45, 2.75) is 13.3 Å². The summed E-state index contributed by atoms with van der Waals surface area (Å²) in [6, 6.07) is 12.0. The summed E-state index contributed by atoms with van der Waals surface area (Å²) in [6.45, 7) is 2.08. The quantitative estimate of drug-likeness (QED) is 0.729. The first-order valence-corrected chi connectivity index (χ1v) is 5.58. The maximum atomic E-state index is 13.2. The lowest BCUT2D eigenvalue weighted by molar-refractivity contribution is 0.112. The lowest BCUT2D eigenvalue weighted by atomic mass is 9.99. The van der Waals surface area contributed by atoms with Crippen molar-refractivity contribution in [2.24, 2.45) is 0 Å². The second kappa shape index (κ2) is 4.91. The van der Waals surface area contributed by atoms with Crippen molar-refractivity contribution in [1.82, 2.24) is 0 Å². The van der Waals surface area contributed by atoms with Crippen LogP contribution in [-0.2, 0) is 6.42 Å². The molecule has 0 saturated carbocycles. The molecule has 0 aliphatic rings. The summed E-state index contributed by atoms with van der Waals surface area (Å²) in [5.74, 6) is -0.329. The van der Waals surface area contributed by atoms with E-state index in [2.05, 4.69) is 6.92 Å². The van der Waals surface area contributed by atoms with Crippen LogP contribution in [0.25, 0.3) is 11.1 Å². The Morgan fingerprint density at radius 3 is 2.41 bits per heavy atom. The first kappa shape index (κ1) is 11.5. The Morgan fingerprint density at radius 1 is 1.12 bits per heavy atom. The number of hydrogen-bond acceptors (Lipinski definition) is 1. The third kappa shape index (κ3) is 2.41. The number of halogens is 1. The first-order chi connectivity index (χ1) is 8.24. The van der Waals surface area contributed by atoms with Crippen molar-refractivity contribution >= 4 is 6.29 Å². The van der Waals surface area contributed by atoms with Crippen LogP contribution < -0.4 is 0 Å². The van der Waals surface area contributed by atoms with Gasteiger partial charge in [-0.05, 0) is 41.3 Å². The van der Waals surface area contributed by atoms with Crippen LogP contribution >= 0.6 is 0 Å². The van der Waals surface area contributed by atoms with Gasteiger partial charge >= 0.3 is 0 Å². The maximum Gasteiger partial charge on any atom is 0.150 e. The van der Waals surface area contributed by atoms with E-state index in [0.29, 0.717) is 11.1 Å². The summed E-state index contributed by atoms with van der Waals surface area (Å²) in [6.07, 6.45) is 1.71. The van der Waals surface area contributed by atoms with Crippen LogP contribution in [0.15, 0.2) is 42.5 Å². The predicted molar refractivity (Wildman–Crippen MR) is 66.6 cm³/mol. The number of benzene rings is 2. The summed E-state index contributed by atoms with van der Waals surface area (Å²) >= 11 is 0. The average Bonchev–Trinajstić information content (AvgIpc) is 2.39. The SMILES string of the molecule is CCc1ccc(-c2cc(F)ccc2C=O)cc1. The van der Waals surface area contributed by atoms with Gasteiger partial charge in [0, 0.05) is 5.56 Å². The molecular formula is C15H13FO. The zero-order valence-electron chi connectivity index (χ0n) is 9.61. The van der Waals surface area contributed by atoms with Gasteiger partial charge < -0.3 is 0 Å². The molecule has 0 amide bonds. The molecule has 2 rings (SSSR count). The predicted octanol–water partition coefficient (Wildman–Crippen LogP) is 3.87. The molecule has 0 bridgehead atoms. The fourth-order valence-corrected chi connectivity index (χ4v) is 1.80. The van der Waals surface area contributed by atoms with Gasteiger partial charge in [0.15, 0.2) is 6.29 Å². The Hall–Kier alpha value is -1.96. The van der Waals surface area contributed by atoms with Crippen LogP contribution in [-0.4, -0.2) is 6.29 Å². The van der Waals surface area contributed by atoms with Crippen molar-refractivity contribution in [2.75, 3.05) is 0 Å². The Bertz CT molecular complexity index is 529. The normalized spacial score (nSPS) is 10.2. The summed E-state index contributed by atoms with van der Waals surface area (Å²) in [7, 11) is 0. The van der Waals surface area contributed by atoms with Gasteiger partial charge in [0.05, 0.1) is 0 Å². The third-order valence-corrected chi connectivity index (χ3v) is 2.82. The molecule has 2 aromatic rings. The highest BCUT2D eigenvalue weighted by molar-refractivity contribution is 5.87. The molecular weight excluding hydrogens is 215 g/mol. The smallest absolute Gasteiger partial charge is 0.150 e.